The van der Waals surface area contributed by atoms with Crippen LogP contribution in [0.15, 0.2) is 58.9 Å². The van der Waals surface area contributed by atoms with E-state index in [1.807, 2.05) is 24.3 Å². The first-order chi connectivity index (χ1) is 20.0. The number of hydrogen-bond acceptors (Lipinski definition) is 8. The zero-order valence-electron chi connectivity index (χ0n) is 23.9. The van der Waals surface area contributed by atoms with Crippen molar-refractivity contribution in [2.75, 3.05) is 55.7 Å². The largest absolute Gasteiger partial charge is 0.420 e. The summed E-state index contributed by atoms with van der Waals surface area (Å²) in [6.07, 6.45) is 1.16. The van der Waals surface area contributed by atoms with Crippen LogP contribution >= 0.6 is 22.9 Å². The number of pyridine rings is 1. The van der Waals surface area contributed by atoms with Crippen molar-refractivity contribution < 1.29 is 22.7 Å². The number of thiophene rings is 1. The SMILES string of the molecule is CC(C)(C)c1ccc(S(=O)(=O)N2CC3C(CN(C(=O)Oc4sccc4Cl)c4ccc(N5CCOCC5)nc4)C3C2)cc1. The molecule has 42 heavy (non-hydrogen) atoms. The quantitative estimate of drug-likeness (QED) is 0.340. The summed E-state index contributed by atoms with van der Waals surface area (Å²) < 4.78 is 39.5. The second kappa shape index (κ2) is 11.4. The molecule has 2 aromatic heterocycles. The molecule has 4 heterocycles. The molecule has 3 aliphatic rings. The Hall–Kier alpha value is -2.70. The fourth-order valence-corrected chi connectivity index (χ4v) is 8.31. The summed E-state index contributed by atoms with van der Waals surface area (Å²) in [5, 5.41) is 2.49. The van der Waals surface area contributed by atoms with E-state index in [9.17, 15) is 13.2 Å². The van der Waals surface area contributed by atoms with Gasteiger partial charge in [-0.2, -0.15) is 4.31 Å². The lowest BCUT2D eigenvalue weighted by atomic mass is 9.87. The van der Waals surface area contributed by atoms with Crippen LogP contribution in [0.5, 0.6) is 5.06 Å². The average Bonchev–Trinajstić information content (AvgIpc) is 3.26. The molecule has 6 rings (SSSR count). The van der Waals surface area contributed by atoms with Crippen molar-refractivity contribution in [2.24, 2.45) is 17.8 Å². The number of hydrogen-bond donors (Lipinski definition) is 0. The van der Waals surface area contributed by atoms with E-state index in [4.69, 9.17) is 21.1 Å². The molecule has 1 amide bonds. The number of anilines is 2. The highest BCUT2D eigenvalue weighted by atomic mass is 35.5. The van der Waals surface area contributed by atoms with E-state index in [1.54, 1.807) is 39.0 Å². The highest BCUT2D eigenvalue weighted by Crippen LogP contribution is 2.53. The van der Waals surface area contributed by atoms with Gasteiger partial charge >= 0.3 is 6.09 Å². The van der Waals surface area contributed by atoms with Crippen LogP contribution in [0, 0.1) is 17.8 Å². The van der Waals surface area contributed by atoms with Gasteiger partial charge in [0.15, 0.2) is 0 Å². The van der Waals surface area contributed by atoms with Gasteiger partial charge in [-0.05, 0) is 64.4 Å². The van der Waals surface area contributed by atoms with Crippen molar-refractivity contribution in [3.8, 4) is 5.06 Å². The molecule has 9 nitrogen and oxygen atoms in total. The monoisotopic (exact) mass is 630 g/mol. The minimum atomic E-state index is -3.59. The van der Waals surface area contributed by atoms with Gasteiger partial charge in [0.05, 0.1) is 35.0 Å². The number of amides is 1. The van der Waals surface area contributed by atoms with Crippen LogP contribution in [0.2, 0.25) is 5.02 Å². The molecule has 3 aromatic rings. The number of carbonyl (C=O) groups is 1. The second-order valence-corrected chi connectivity index (χ2v) is 15.3. The van der Waals surface area contributed by atoms with E-state index in [-0.39, 0.29) is 23.2 Å². The lowest BCUT2D eigenvalue weighted by Crippen LogP contribution is -2.38. The Morgan fingerprint density at radius 2 is 1.79 bits per heavy atom. The van der Waals surface area contributed by atoms with Crippen molar-refractivity contribution in [3.63, 3.8) is 0 Å². The Bertz CT molecular complexity index is 1520. The van der Waals surface area contributed by atoms with Gasteiger partial charge in [-0.25, -0.2) is 18.2 Å². The number of sulfonamides is 1. The summed E-state index contributed by atoms with van der Waals surface area (Å²) in [6, 6.07) is 12.7. The number of halogens is 1. The summed E-state index contributed by atoms with van der Waals surface area (Å²) in [5.74, 6) is 1.34. The number of aromatic nitrogens is 1. The summed E-state index contributed by atoms with van der Waals surface area (Å²) in [7, 11) is -3.59. The van der Waals surface area contributed by atoms with Crippen LogP contribution < -0.4 is 14.5 Å². The smallest absolute Gasteiger partial charge is 0.397 e. The van der Waals surface area contributed by atoms with E-state index in [1.165, 1.54) is 11.3 Å². The number of benzene rings is 1. The molecular formula is C30H35ClN4O5S2. The van der Waals surface area contributed by atoms with Gasteiger partial charge in [0, 0.05) is 32.7 Å². The van der Waals surface area contributed by atoms with Gasteiger partial charge in [0.1, 0.15) is 5.82 Å². The lowest BCUT2D eigenvalue weighted by Gasteiger charge is -2.28. The molecule has 0 spiro atoms. The van der Waals surface area contributed by atoms with Gasteiger partial charge in [0.25, 0.3) is 0 Å². The van der Waals surface area contributed by atoms with Gasteiger partial charge in [-0.1, -0.05) is 44.5 Å². The van der Waals surface area contributed by atoms with E-state index in [0.29, 0.717) is 53.5 Å². The summed E-state index contributed by atoms with van der Waals surface area (Å²) in [5.41, 5.74) is 1.66. The van der Waals surface area contributed by atoms with Gasteiger partial charge < -0.3 is 14.4 Å². The maximum atomic E-state index is 13.4. The molecular weight excluding hydrogens is 596 g/mol. The lowest BCUT2D eigenvalue weighted by molar-refractivity contribution is 0.122. The molecule has 1 aliphatic carbocycles. The van der Waals surface area contributed by atoms with Crippen LogP contribution in [0.4, 0.5) is 16.3 Å². The number of piperidine rings is 1. The van der Waals surface area contributed by atoms with Crippen LogP contribution in [0.1, 0.15) is 26.3 Å². The molecule has 2 saturated heterocycles. The molecule has 3 fully saturated rings. The number of nitrogens with zero attached hydrogens (tertiary/aromatic N) is 4. The van der Waals surface area contributed by atoms with Gasteiger partial charge in [-0.3, -0.25) is 4.90 Å². The first-order valence-corrected chi connectivity index (χ1v) is 16.8. The zero-order valence-corrected chi connectivity index (χ0v) is 26.3. The van der Waals surface area contributed by atoms with Crippen molar-refractivity contribution in [3.05, 3.63) is 64.6 Å². The van der Waals surface area contributed by atoms with Crippen LogP contribution in [-0.4, -0.2) is 69.7 Å². The third-order valence-corrected chi connectivity index (χ3v) is 11.5. The first-order valence-electron chi connectivity index (χ1n) is 14.1. The fourth-order valence-electron chi connectivity index (χ4n) is 5.85. The van der Waals surface area contributed by atoms with Crippen LogP contribution in [0.25, 0.3) is 0 Å². The Morgan fingerprint density at radius 1 is 1.10 bits per heavy atom. The number of morpholine rings is 1. The average molecular weight is 631 g/mol. The molecule has 0 bridgehead atoms. The maximum absolute atomic E-state index is 13.4. The standard InChI is InChI=1S/C30H35ClN4O5S2/c1-30(2,3)20-4-7-22(8-5-20)42(37,38)34-17-23-24(18-34)25(23)19-35(29(36)40-28-26(31)10-15-41-28)21-6-9-27(32-16-21)33-11-13-39-14-12-33/h4-10,15-16,23-25H,11-14,17-19H2,1-3H3. The van der Waals surface area contributed by atoms with Gasteiger partial charge in [-0.15, -0.1) is 11.3 Å². The van der Waals surface area contributed by atoms with Gasteiger partial charge in [0.2, 0.25) is 15.1 Å². The predicted molar refractivity (Wildman–Crippen MR) is 164 cm³/mol. The normalized spacial score (nSPS) is 22.6. The highest BCUT2D eigenvalue weighted by molar-refractivity contribution is 7.89. The van der Waals surface area contributed by atoms with Crippen molar-refractivity contribution in [1.82, 2.24) is 9.29 Å². The minimum absolute atomic E-state index is 0.0506. The van der Waals surface area contributed by atoms with E-state index < -0.39 is 16.1 Å². The van der Waals surface area contributed by atoms with Crippen LogP contribution in [0.3, 0.4) is 0 Å². The number of rotatable bonds is 7. The molecule has 2 unspecified atom stereocenters. The molecule has 2 atom stereocenters. The van der Waals surface area contributed by atoms with E-state index >= 15 is 0 Å². The van der Waals surface area contributed by atoms with E-state index in [2.05, 4.69) is 30.7 Å². The number of carbonyl (C=O) groups excluding carboxylic acids is 1. The fraction of sp³-hybridized carbons (Fsp3) is 0.467. The Kier molecular flexibility index (Phi) is 7.99. The summed E-state index contributed by atoms with van der Waals surface area (Å²) in [4.78, 5) is 22.1. The number of ether oxygens (including phenoxy) is 2. The molecule has 0 radical (unpaired) electrons. The van der Waals surface area contributed by atoms with Crippen molar-refractivity contribution in [1.29, 1.82) is 0 Å². The zero-order chi connectivity index (χ0) is 29.6. The molecule has 1 saturated carbocycles. The Balaban J connectivity index is 1.15. The minimum Gasteiger partial charge on any atom is -0.397 e. The molecule has 12 heteroatoms. The van der Waals surface area contributed by atoms with E-state index in [0.717, 1.165) is 24.5 Å². The second-order valence-electron chi connectivity index (χ2n) is 12.1. The topological polar surface area (TPSA) is 92.3 Å². The number of fused-ring (bicyclic) bond motifs is 1. The summed E-state index contributed by atoms with van der Waals surface area (Å²) >= 11 is 7.46. The third-order valence-electron chi connectivity index (χ3n) is 8.45. The Morgan fingerprint density at radius 3 is 2.36 bits per heavy atom. The van der Waals surface area contributed by atoms with Crippen LogP contribution in [-0.2, 0) is 20.2 Å². The molecule has 0 N–H and O–H groups in total. The molecule has 224 valence electrons. The Labute approximate surface area is 256 Å². The summed E-state index contributed by atoms with van der Waals surface area (Å²) in [6.45, 7) is 10.4. The predicted octanol–water partition coefficient (Wildman–Crippen LogP) is 5.50. The van der Waals surface area contributed by atoms with Crippen molar-refractivity contribution >= 4 is 50.6 Å². The first kappa shape index (κ1) is 29.4. The molecule has 2 aliphatic heterocycles. The maximum Gasteiger partial charge on any atom is 0.420 e. The van der Waals surface area contributed by atoms with Crippen molar-refractivity contribution in [2.45, 2.75) is 31.1 Å². The third kappa shape index (κ3) is 5.90. The molecule has 1 aromatic carbocycles. The highest BCUT2D eigenvalue weighted by Gasteiger charge is 2.58.